The molecule has 0 spiro atoms. The van der Waals surface area contributed by atoms with Crippen molar-refractivity contribution in [3.63, 3.8) is 0 Å². The maximum Gasteiger partial charge on any atom is 0.313 e. The Balaban J connectivity index is 2.11. The normalized spacial score (nSPS) is 31.7. The first-order valence-electron chi connectivity index (χ1n) is 7.57. The van der Waals surface area contributed by atoms with Gasteiger partial charge in [0.25, 0.3) is 0 Å². The summed E-state index contributed by atoms with van der Waals surface area (Å²) in [6.45, 7) is 10.2. The van der Waals surface area contributed by atoms with E-state index in [1.165, 1.54) is 0 Å². The Morgan fingerprint density at radius 3 is 2.45 bits per heavy atom. The molecule has 0 aliphatic carbocycles. The number of carbonyl (C=O) groups excluding carboxylic acids is 2. The van der Waals surface area contributed by atoms with Gasteiger partial charge in [0.15, 0.2) is 0 Å². The molecule has 4 atom stereocenters. The molecule has 0 saturated carbocycles. The highest BCUT2D eigenvalue weighted by Crippen LogP contribution is 2.22. The second-order valence-electron chi connectivity index (χ2n) is 5.88. The van der Waals surface area contributed by atoms with E-state index < -0.39 is 0 Å². The van der Waals surface area contributed by atoms with Crippen molar-refractivity contribution in [1.82, 2.24) is 20.4 Å². The zero-order chi connectivity index (χ0) is 14.9. The summed E-state index contributed by atoms with van der Waals surface area (Å²) in [6.07, 6.45) is 0.870. The molecular weight excluding hydrogens is 256 g/mol. The maximum absolute atomic E-state index is 12.6. The molecule has 2 saturated heterocycles. The Kier molecular flexibility index (Phi) is 4.65. The summed E-state index contributed by atoms with van der Waals surface area (Å²) in [5.74, 6) is -0.368. The zero-order valence-electron chi connectivity index (χ0n) is 12.8. The first-order chi connectivity index (χ1) is 9.47. The molecule has 0 aromatic carbocycles. The number of nitrogens with zero attached hydrogens (tertiary/aromatic N) is 2. The van der Waals surface area contributed by atoms with E-state index >= 15 is 0 Å². The molecule has 114 valence electrons. The molecule has 2 aliphatic heterocycles. The number of nitrogens with one attached hydrogen (secondary N) is 2. The molecule has 2 fully saturated rings. The van der Waals surface area contributed by atoms with Crippen molar-refractivity contribution < 1.29 is 9.59 Å². The molecule has 20 heavy (non-hydrogen) atoms. The minimum atomic E-state index is -0.383. The van der Waals surface area contributed by atoms with Gasteiger partial charge in [-0.15, -0.1) is 0 Å². The average Bonchev–Trinajstić information content (AvgIpc) is 3.02. The van der Waals surface area contributed by atoms with Crippen LogP contribution in [-0.4, -0.2) is 59.6 Å². The third-order valence-electron chi connectivity index (χ3n) is 4.64. The number of rotatable bonds is 2. The molecule has 0 aromatic rings. The van der Waals surface area contributed by atoms with Gasteiger partial charge in [0.05, 0.1) is 12.3 Å². The highest BCUT2D eigenvalue weighted by molar-refractivity contribution is 6.35. The minimum absolute atomic E-state index is 0.0561. The molecule has 6 nitrogen and oxygen atoms in total. The Labute approximate surface area is 120 Å². The second-order valence-corrected chi connectivity index (χ2v) is 5.88. The van der Waals surface area contributed by atoms with Crippen molar-refractivity contribution in [3.8, 4) is 0 Å². The fraction of sp³-hybridized carbons (Fsp3) is 0.857. The largest absolute Gasteiger partial charge is 0.318 e. The third-order valence-corrected chi connectivity index (χ3v) is 4.64. The van der Waals surface area contributed by atoms with Crippen LogP contribution in [0.2, 0.25) is 0 Å². The fourth-order valence-electron chi connectivity index (χ4n) is 3.06. The standard InChI is InChI=1S/C14H26N4O2/c1-5-9(2)12-8-16-11(4)18(12)14(20)13(19)17-7-6-15-10(17)3/h9-12,15-16H,5-8H2,1-4H3. The lowest BCUT2D eigenvalue weighted by atomic mass is 9.98. The van der Waals surface area contributed by atoms with Gasteiger partial charge in [0.1, 0.15) is 0 Å². The van der Waals surface area contributed by atoms with E-state index in [0.29, 0.717) is 12.5 Å². The van der Waals surface area contributed by atoms with E-state index in [4.69, 9.17) is 0 Å². The van der Waals surface area contributed by atoms with Gasteiger partial charge in [0, 0.05) is 25.7 Å². The van der Waals surface area contributed by atoms with Crippen molar-refractivity contribution in [1.29, 1.82) is 0 Å². The lowest BCUT2D eigenvalue weighted by Gasteiger charge is -2.32. The molecule has 0 radical (unpaired) electrons. The van der Waals surface area contributed by atoms with Gasteiger partial charge >= 0.3 is 11.8 Å². The number of hydrogen-bond donors (Lipinski definition) is 2. The van der Waals surface area contributed by atoms with E-state index in [2.05, 4.69) is 24.5 Å². The van der Waals surface area contributed by atoms with Crippen LogP contribution in [0.15, 0.2) is 0 Å². The van der Waals surface area contributed by atoms with Crippen molar-refractivity contribution in [2.45, 2.75) is 52.5 Å². The molecule has 0 bridgehead atoms. The first kappa shape index (κ1) is 15.3. The van der Waals surface area contributed by atoms with Crippen LogP contribution in [0.3, 0.4) is 0 Å². The molecule has 2 aliphatic rings. The second kappa shape index (κ2) is 6.10. The smallest absolute Gasteiger partial charge is 0.313 e. The summed E-state index contributed by atoms with van der Waals surface area (Å²) >= 11 is 0. The topological polar surface area (TPSA) is 64.7 Å². The van der Waals surface area contributed by atoms with E-state index in [1.54, 1.807) is 9.80 Å². The monoisotopic (exact) mass is 282 g/mol. The Morgan fingerprint density at radius 2 is 1.90 bits per heavy atom. The lowest BCUT2D eigenvalue weighted by molar-refractivity contribution is -0.154. The number of hydrogen-bond acceptors (Lipinski definition) is 4. The van der Waals surface area contributed by atoms with Crippen LogP contribution >= 0.6 is 0 Å². The van der Waals surface area contributed by atoms with Gasteiger partial charge < -0.3 is 9.80 Å². The van der Waals surface area contributed by atoms with Crippen LogP contribution in [0.1, 0.15) is 34.1 Å². The maximum atomic E-state index is 12.6. The summed E-state index contributed by atoms with van der Waals surface area (Å²) in [4.78, 5) is 28.4. The summed E-state index contributed by atoms with van der Waals surface area (Å²) in [5, 5.41) is 6.46. The lowest BCUT2D eigenvalue weighted by Crippen LogP contribution is -2.53. The molecule has 2 N–H and O–H groups in total. The van der Waals surface area contributed by atoms with Gasteiger partial charge in [-0.25, -0.2) is 0 Å². The molecular formula is C14H26N4O2. The van der Waals surface area contributed by atoms with Gasteiger partial charge in [-0.2, -0.15) is 0 Å². The summed E-state index contributed by atoms with van der Waals surface area (Å²) in [5.41, 5.74) is 0. The van der Waals surface area contributed by atoms with E-state index in [9.17, 15) is 9.59 Å². The average molecular weight is 282 g/mol. The first-order valence-corrected chi connectivity index (χ1v) is 7.57. The van der Waals surface area contributed by atoms with Gasteiger partial charge in [0.2, 0.25) is 0 Å². The molecule has 0 aromatic heterocycles. The van der Waals surface area contributed by atoms with Crippen LogP contribution in [-0.2, 0) is 9.59 Å². The third kappa shape index (κ3) is 2.67. The summed E-state index contributed by atoms with van der Waals surface area (Å²) in [6, 6.07) is 0.109. The minimum Gasteiger partial charge on any atom is -0.318 e. The van der Waals surface area contributed by atoms with Crippen LogP contribution in [0.5, 0.6) is 0 Å². The summed E-state index contributed by atoms with van der Waals surface area (Å²) < 4.78 is 0. The van der Waals surface area contributed by atoms with Crippen molar-refractivity contribution >= 4 is 11.8 Å². The zero-order valence-corrected chi connectivity index (χ0v) is 12.8. The van der Waals surface area contributed by atoms with Crippen LogP contribution in [0, 0.1) is 5.92 Å². The van der Waals surface area contributed by atoms with Gasteiger partial charge in [-0.3, -0.25) is 20.2 Å². The number of carbonyl (C=O) groups is 2. The summed E-state index contributed by atoms with van der Waals surface area (Å²) in [7, 11) is 0. The fourth-order valence-corrected chi connectivity index (χ4v) is 3.06. The molecule has 4 unspecified atom stereocenters. The van der Waals surface area contributed by atoms with E-state index in [-0.39, 0.29) is 30.2 Å². The van der Waals surface area contributed by atoms with Crippen molar-refractivity contribution in [2.75, 3.05) is 19.6 Å². The highest BCUT2D eigenvalue weighted by Gasteiger charge is 2.41. The molecule has 6 heteroatoms. The van der Waals surface area contributed by atoms with E-state index in [1.807, 2.05) is 13.8 Å². The van der Waals surface area contributed by atoms with Gasteiger partial charge in [-0.1, -0.05) is 20.3 Å². The van der Waals surface area contributed by atoms with E-state index in [0.717, 1.165) is 19.5 Å². The quantitative estimate of drug-likeness (QED) is 0.698. The van der Waals surface area contributed by atoms with Crippen molar-refractivity contribution in [3.05, 3.63) is 0 Å². The Bertz CT molecular complexity index is 387. The molecule has 2 rings (SSSR count). The van der Waals surface area contributed by atoms with Gasteiger partial charge in [-0.05, 0) is 19.8 Å². The SMILES string of the molecule is CCC(C)C1CNC(C)N1C(=O)C(=O)N1CCNC1C. The Morgan fingerprint density at radius 1 is 1.20 bits per heavy atom. The number of amides is 2. The van der Waals surface area contributed by atoms with Crippen LogP contribution < -0.4 is 10.6 Å². The molecule has 2 heterocycles. The predicted molar refractivity (Wildman–Crippen MR) is 76.7 cm³/mol. The Hall–Kier alpha value is -1.14. The predicted octanol–water partition coefficient (Wildman–Crippen LogP) is -0.0433. The highest BCUT2D eigenvalue weighted by atomic mass is 16.2. The molecule has 2 amide bonds. The van der Waals surface area contributed by atoms with Crippen LogP contribution in [0.4, 0.5) is 0 Å². The van der Waals surface area contributed by atoms with Crippen molar-refractivity contribution in [2.24, 2.45) is 5.92 Å². The van der Waals surface area contributed by atoms with Crippen LogP contribution in [0.25, 0.3) is 0 Å².